The second kappa shape index (κ2) is 9.05. The number of anilines is 1. The molecular formula is C20H22N4O5. The maximum Gasteiger partial charge on any atom is 0.274 e. The predicted octanol–water partition coefficient (Wildman–Crippen LogP) is 1.27. The fraction of sp³-hybridized carbons (Fsp3) is 0.300. The van der Waals surface area contributed by atoms with Crippen molar-refractivity contribution in [1.82, 2.24) is 14.8 Å². The van der Waals surface area contributed by atoms with E-state index in [1.54, 1.807) is 40.1 Å². The summed E-state index contributed by atoms with van der Waals surface area (Å²) in [4.78, 5) is 43.6. The molecule has 3 amide bonds. The van der Waals surface area contributed by atoms with Crippen molar-refractivity contribution in [3.05, 3.63) is 47.8 Å². The lowest BCUT2D eigenvalue weighted by Gasteiger charge is -2.32. The van der Waals surface area contributed by atoms with Gasteiger partial charge in [0.2, 0.25) is 6.41 Å². The van der Waals surface area contributed by atoms with E-state index in [4.69, 9.17) is 9.47 Å². The number of benzene rings is 1. The topological polar surface area (TPSA) is 101 Å². The number of nitrogens with zero attached hydrogens (tertiary/aromatic N) is 3. The van der Waals surface area contributed by atoms with Crippen molar-refractivity contribution in [2.75, 3.05) is 45.7 Å². The van der Waals surface area contributed by atoms with Crippen LogP contribution in [0.4, 0.5) is 5.69 Å². The molecule has 1 saturated heterocycles. The molecule has 0 bridgehead atoms. The lowest BCUT2D eigenvalue weighted by Crippen LogP contribution is -2.48. The quantitative estimate of drug-likeness (QED) is 0.736. The first kappa shape index (κ1) is 20.1. The molecule has 0 saturated carbocycles. The van der Waals surface area contributed by atoms with Crippen molar-refractivity contribution in [1.29, 1.82) is 0 Å². The Balaban J connectivity index is 1.75. The van der Waals surface area contributed by atoms with E-state index in [9.17, 15) is 14.4 Å². The predicted molar refractivity (Wildman–Crippen MR) is 105 cm³/mol. The van der Waals surface area contributed by atoms with E-state index >= 15 is 0 Å². The van der Waals surface area contributed by atoms with Crippen LogP contribution in [0.25, 0.3) is 0 Å². The molecular weight excluding hydrogens is 376 g/mol. The average molecular weight is 398 g/mol. The van der Waals surface area contributed by atoms with Crippen LogP contribution < -0.4 is 14.8 Å². The fourth-order valence-corrected chi connectivity index (χ4v) is 2.97. The third-order valence-corrected chi connectivity index (χ3v) is 4.61. The Labute approximate surface area is 168 Å². The van der Waals surface area contributed by atoms with Gasteiger partial charge in [-0.15, -0.1) is 0 Å². The molecule has 1 fully saturated rings. The Hall–Kier alpha value is -3.62. The van der Waals surface area contributed by atoms with Gasteiger partial charge in [0, 0.05) is 32.2 Å². The van der Waals surface area contributed by atoms with Gasteiger partial charge in [0.25, 0.3) is 11.8 Å². The fourth-order valence-electron chi connectivity index (χ4n) is 2.97. The lowest BCUT2D eigenvalue weighted by molar-refractivity contribution is -0.119. The van der Waals surface area contributed by atoms with Crippen LogP contribution in [0, 0.1) is 0 Å². The van der Waals surface area contributed by atoms with Gasteiger partial charge in [-0.3, -0.25) is 14.4 Å². The highest BCUT2D eigenvalue weighted by atomic mass is 16.5. The van der Waals surface area contributed by atoms with Gasteiger partial charge in [-0.25, -0.2) is 4.98 Å². The van der Waals surface area contributed by atoms with E-state index in [0.717, 1.165) is 6.41 Å². The van der Waals surface area contributed by atoms with E-state index in [-0.39, 0.29) is 17.3 Å². The molecule has 3 rings (SSSR count). The molecule has 0 atom stereocenters. The van der Waals surface area contributed by atoms with Crippen molar-refractivity contribution in [2.45, 2.75) is 0 Å². The third-order valence-electron chi connectivity index (χ3n) is 4.61. The first-order valence-electron chi connectivity index (χ1n) is 9.04. The minimum absolute atomic E-state index is 0.104. The van der Waals surface area contributed by atoms with Gasteiger partial charge in [0.1, 0.15) is 22.9 Å². The number of nitrogens with one attached hydrogen (secondary N) is 1. The molecule has 152 valence electrons. The zero-order valence-corrected chi connectivity index (χ0v) is 16.3. The summed E-state index contributed by atoms with van der Waals surface area (Å²) in [5, 5.41) is 2.73. The Morgan fingerprint density at radius 2 is 1.76 bits per heavy atom. The number of ether oxygens (including phenoxy) is 2. The van der Waals surface area contributed by atoms with Crippen molar-refractivity contribution in [3.8, 4) is 11.5 Å². The van der Waals surface area contributed by atoms with E-state index < -0.39 is 5.91 Å². The summed E-state index contributed by atoms with van der Waals surface area (Å²) in [6.45, 7) is 1.81. The van der Waals surface area contributed by atoms with Gasteiger partial charge < -0.3 is 24.6 Å². The molecule has 9 nitrogen and oxygen atoms in total. The molecule has 2 heterocycles. The molecule has 1 aromatic carbocycles. The van der Waals surface area contributed by atoms with Crippen molar-refractivity contribution >= 4 is 23.9 Å². The number of carbonyl (C=O) groups is 3. The summed E-state index contributed by atoms with van der Waals surface area (Å²) in [5.74, 6) is 0.285. The number of amides is 3. The number of aromatic nitrogens is 1. The smallest absolute Gasteiger partial charge is 0.274 e. The van der Waals surface area contributed by atoms with Crippen molar-refractivity contribution in [2.24, 2.45) is 0 Å². The van der Waals surface area contributed by atoms with Crippen LogP contribution in [0.5, 0.6) is 11.5 Å². The molecule has 29 heavy (non-hydrogen) atoms. The van der Waals surface area contributed by atoms with E-state index in [1.807, 2.05) is 0 Å². The van der Waals surface area contributed by atoms with Crippen LogP contribution in [0.1, 0.15) is 21.0 Å². The molecule has 2 aromatic rings. The number of pyridine rings is 1. The molecule has 1 aromatic heterocycles. The number of methoxy groups -OCH3 is 2. The molecule has 0 unspecified atom stereocenters. The van der Waals surface area contributed by atoms with Gasteiger partial charge >= 0.3 is 0 Å². The van der Waals surface area contributed by atoms with Crippen molar-refractivity contribution < 1.29 is 23.9 Å². The average Bonchev–Trinajstić information content (AvgIpc) is 2.78. The van der Waals surface area contributed by atoms with Crippen LogP contribution in [-0.2, 0) is 4.79 Å². The first-order chi connectivity index (χ1) is 14.0. The van der Waals surface area contributed by atoms with Crippen LogP contribution >= 0.6 is 0 Å². The van der Waals surface area contributed by atoms with Crippen LogP contribution in [0.15, 0.2) is 36.4 Å². The molecule has 9 heteroatoms. The summed E-state index contributed by atoms with van der Waals surface area (Å²) in [6.07, 6.45) is 0.776. The van der Waals surface area contributed by atoms with Crippen LogP contribution in [-0.4, -0.2) is 73.4 Å². The normalized spacial score (nSPS) is 13.6. The van der Waals surface area contributed by atoms with Gasteiger partial charge in [-0.2, -0.15) is 0 Å². The monoisotopic (exact) mass is 398 g/mol. The summed E-state index contributed by atoms with van der Waals surface area (Å²) in [7, 11) is 3.03. The molecule has 0 radical (unpaired) electrons. The highest BCUT2D eigenvalue weighted by Gasteiger charge is 2.23. The SMILES string of the molecule is COc1ccc(OC)c(NC(=O)c2cccc(C(=O)N3CCN(C=O)CC3)n2)c1. The molecule has 1 aliphatic heterocycles. The molecule has 1 aliphatic rings. The second-order valence-corrected chi connectivity index (χ2v) is 6.36. The number of rotatable bonds is 6. The number of hydrogen-bond acceptors (Lipinski definition) is 6. The summed E-state index contributed by atoms with van der Waals surface area (Å²) in [6, 6.07) is 9.75. The first-order valence-corrected chi connectivity index (χ1v) is 9.04. The number of hydrogen-bond donors (Lipinski definition) is 1. The van der Waals surface area contributed by atoms with Gasteiger partial charge in [0.05, 0.1) is 19.9 Å². The zero-order chi connectivity index (χ0) is 20.8. The van der Waals surface area contributed by atoms with Gasteiger partial charge in [0.15, 0.2) is 0 Å². The molecule has 0 aliphatic carbocycles. The van der Waals surface area contributed by atoms with Gasteiger partial charge in [-0.05, 0) is 24.3 Å². The standard InChI is InChI=1S/C20H22N4O5/c1-28-14-6-7-18(29-2)17(12-14)22-19(26)15-4-3-5-16(21-15)20(27)24-10-8-23(13-25)9-11-24/h3-7,12-13H,8-11H2,1-2H3,(H,22,26). The Morgan fingerprint density at radius 3 is 2.41 bits per heavy atom. The molecule has 1 N–H and O–H groups in total. The number of piperazine rings is 1. The second-order valence-electron chi connectivity index (χ2n) is 6.36. The van der Waals surface area contributed by atoms with Crippen molar-refractivity contribution in [3.63, 3.8) is 0 Å². The Kier molecular flexibility index (Phi) is 6.28. The maximum atomic E-state index is 12.7. The van der Waals surface area contributed by atoms with E-state index in [1.165, 1.54) is 20.3 Å². The maximum absolute atomic E-state index is 12.7. The summed E-state index contributed by atoms with van der Waals surface area (Å²) in [5.41, 5.74) is 0.711. The molecule has 0 spiro atoms. The minimum atomic E-state index is -0.475. The number of carbonyl (C=O) groups excluding carboxylic acids is 3. The highest BCUT2D eigenvalue weighted by molar-refractivity contribution is 6.04. The Morgan fingerprint density at radius 1 is 1.03 bits per heavy atom. The summed E-state index contributed by atoms with van der Waals surface area (Å²) < 4.78 is 10.4. The van der Waals surface area contributed by atoms with Crippen LogP contribution in [0.2, 0.25) is 0 Å². The minimum Gasteiger partial charge on any atom is -0.497 e. The third kappa shape index (κ3) is 4.63. The van der Waals surface area contributed by atoms with Gasteiger partial charge in [-0.1, -0.05) is 6.07 Å². The van der Waals surface area contributed by atoms with Crippen LogP contribution in [0.3, 0.4) is 0 Å². The van der Waals surface area contributed by atoms with E-state index in [0.29, 0.717) is 43.4 Å². The highest BCUT2D eigenvalue weighted by Crippen LogP contribution is 2.29. The largest absolute Gasteiger partial charge is 0.497 e. The summed E-state index contributed by atoms with van der Waals surface area (Å²) >= 11 is 0. The Bertz CT molecular complexity index is 909. The lowest BCUT2D eigenvalue weighted by atomic mass is 10.2. The zero-order valence-electron chi connectivity index (χ0n) is 16.3. The van der Waals surface area contributed by atoms with E-state index in [2.05, 4.69) is 10.3 Å².